The van der Waals surface area contributed by atoms with Gasteiger partial charge in [0.25, 0.3) is 5.91 Å². The second-order valence-electron chi connectivity index (χ2n) is 6.80. The molecule has 1 aliphatic heterocycles. The Labute approximate surface area is 163 Å². The lowest BCUT2D eigenvalue weighted by molar-refractivity contribution is 0.102. The van der Waals surface area contributed by atoms with E-state index in [0.29, 0.717) is 11.6 Å². The number of amides is 1. The Bertz CT molecular complexity index is 917. The van der Waals surface area contributed by atoms with Crippen molar-refractivity contribution in [1.29, 1.82) is 0 Å². The van der Waals surface area contributed by atoms with Gasteiger partial charge in [0.2, 0.25) is 0 Å². The van der Waals surface area contributed by atoms with Gasteiger partial charge in [0.05, 0.1) is 0 Å². The van der Waals surface area contributed by atoms with Gasteiger partial charge in [-0.2, -0.15) is 0 Å². The van der Waals surface area contributed by atoms with Crippen LogP contribution in [0.3, 0.4) is 0 Å². The number of nitrogens with zero attached hydrogens (tertiary/aromatic N) is 5. The van der Waals surface area contributed by atoms with Crippen LogP contribution in [0.1, 0.15) is 21.8 Å². The minimum absolute atomic E-state index is 0.243. The lowest BCUT2D eigenvalue weighted by Crippen LogP contribution is -2.46. The van der Waals surface area contributed by atoms with Gasteiger partial charge in [-0.05, 0) is 24.6 Å². The predicted molar refractivity (Wildman–Crippen MR) is 105 cm³/mol. The SMILES string of the molecule is Cc1cc(NC(=O)c2ccc(N3CCN(Cc4ccccc4)CC3)nn2)no1. The molecule has 3 heterocycles. The summed E-state index contributed by atoms with van der Waals surface area (Å²) >= 11 is 0. The first-order valence-electron chi connectivity index (χ1n) is 9.27. The van der Waals surface area contributed by atoms with E-state index in [2.05, 4.69) is 54.7 Å². The molecule has 0 unspecified atom stereocenters. The summed E-state index contributed by atoms with van der Waals surface area (Å²) in [6.45, 7) is 6.41. The van der Waals surface area contributed by atoms with Gasteiger partial charge in [-0.15, -0.1) is 10.2 Å². The van der Waals surface area contributed by atoms with Crippen LogP contribution in [0.4, 0.5) is 11.6 Å². The molecule has 1 aliphatic rings. The molecule has 1 N–H and O–H groups in total. The number of carbonyl (C=O) groups excluding carboxylic acids is 1. The predicted octanol–water partition coefficient (Wildman–Crippen LogP) is 2.35. The Morgan fingerprint density at radius 3 is 2.50 bits per heavy atom. The normalized spacial score (nSPS) is 14.8. The lowest BCUT2D eigenvalue weighted by atomic mass is 10.2. The van der Waals surface area contributed by atoms with Gasteiger partial charge in [-0.25, -0.2) is 0 Å². The zero-order valence-electron chi connectivity index (χ0n) is 15.7. The highest BCUT2D eigenvalue weighted by molar-refractivity contribution is 6.02. The highest BCUT2D eigenvalue weighted by atomic mass is 16.5. The van der Waals surface area contributed by atoms with E-state index < -0.39 is 0 Å². The van der Waals surface area contributed by atoms with Crippen LogP contribution in [0.2, 0.25) is 0 Å². The van der Waals surface area contributed by atoms with E-state index in [9.17, 15) is 4.79 Å². The molecule has 3 aromatic rings. The number of aromatic nitrogens is 3. The molecule has 1 saturated heterocycles. The number of carbonyl (C=O) groups is 1. The number of anilines is 2. The number of piperazine rings is 1. The van der Waals surface area contributed by atoms with E-state index >= 15 is 0 Å². The van der Waals surface area contributed by atoms with E-state index in [1.54, 1.807) is 19.1 Å². The van der Waals surface area contributed by atoms with Crippen molar-refractivity contribution in [2.75, 3.05) is 36.4 Å². The summed E-state index contributed by atoms with van der Waals surface area (Å²) in [5.41, 5.74) is 1.57. The van der Waals surface area contributed by atoms with Crippen molar-refractivity contribution < 1.29 is 9.32 Å². The standard InChI is InChI=1S/C20H22N6O2/c1-15-13-18(24-28-15)21-20(27)17-7-8-19(23-22-17)26-11-9-25(10-12-26)14-16-5-3-2-4-6-16/h2-8,13H,9-12,14H2,1H3,(H,21,24,27). The van der Waals surface area contributed by atoms with Crippen molar-refractivity contribution in [2.24, 2.45) is 0 Å². The first kappa shape index (κ1) is 18.1. The van der Waals surface area contributed by atoms with Crippen LogP contribution in [0.25, 0.3) is 0 Å². The Kier molecular flexibility index (Phi) is 5.29. The van der Waals surface area contributed by atoms with Gasteiger partial charge in [0, 0.05) is 38.8 Å². The zero-order valence-corrected chi connectivity index (χ0v) is 15.7. The Morgan fingerprint density at radius 2 is 1.86 bits per heavy atom. The van der Waals surface area contributed by atoms with Crippen molar-refractivity contribution in [3.8, 4) is 0 Å². The highest BCUT2D eigenvalue weighted by Crippen LogP contribution is 2.15. The molecule has 144 valence electrons. The molecule has 1 fully saturated rings. The molecule has 1 amide bonds. The monoisotopic (exact) mass is 378 g/mol. The first-order valence-corrected chi connectivity index (χ1v) is 9.27. The fraction of sp³-hybridized carbons (Fsp3) is 0.300. The van der Waals surface area contributed by atoms with Crippen molar-refractivity contribution in [3.05, 3.63) is 65.5 Å². The summed E-state index contributed by atoms with van der Waals surface area (Å²) in [6, 6.07) is 15.7. The van der Waals surface area contributed by atoms with Crippen LogP contribution in [-0.4, -0.2) is 52.3 Å². The van der Waals surface area contributed by atoms with Crippen LogP contribution >= 0.6 is 0 Å². The molecule has 0 radical (unpaired) electrons. The average Bonchev–Trinajstić information content (AvgIpc) is 3.14. The van der Waals surface area contributed by atoms with Crippen LogP contribution in [-0.2, 0) is 6.54 Å². The Balaban J connectivity index is 1.31. The topological polar surface area (TPSA) is 87.4 Å². The van der Waals surface area contributed by atoms with Crippen molar-refractivity contribution >= 4 is 17.5 Å². The van der Waals surface area contributed by atoms with Gasteiger partial charge in [-0.3, -0.25) is 9.69 Å². The fourth-order valence-electron chi connectivity index (χ4n) is 3.20. The summed E-state index contributed by atoms with van der Waals surface area (Å²) in [5.74, 6) is 1.42. The molecule has 8 heteroatoms. The maximum atomic E-state index is 12.2. The molecular formula is C20H22N6O2. The van der Waals surface area contributed by atoms with Crippen molar-refractivity contribution in [1.82, 2.24) is 20.3 Å². The first-order chi connectivity index (χ1) is 13.7. The maximum absolute atomic E-state index is 12.2. The second-order valence-corrected chi connectivity index (χ2v) is 6.80. The number of aryl methyl sites for hydroxylation is 1. The molecule has 0 bridgehead atoms. The minimum atomic E-state index is -0.361. The molecule has 2 aromatic heterocycles. The highest BCUT2D eigenvalue weighted by Gasteiger charge is 2.19. The fourth-order valence-corrected chi connectivity index (χ4v) is 3.20. The molecule has 0 aliphatic carbocycles. The summed E-state index contributed by atoms with van der Waals surface area (Å²) < 4.78 is 4.93. The molecule has 4 rings (SSSR count). The third kappa shape index (κ3) is 4.34. The van der Waals surface area contributed by atoms with E-state index in [4.69, 9.17) is 4.52 Å². The molecule has 28 heavy (non-hydrogen) atoms. The number of nitrogens with one attached hydrogen (secondary N) is 1. The van der Waals surface area contributed by atoms with E-state index in [0.717, 1.165) is 38.5 Å². The van der Waals surface area contributed by atoms with Gasteiger partial charge >= 0.3 is 0 Å². The van der Waals surface area contributed by atoms with Crippen LogP contribution in [0.15, 0.2) is 53.1 Å². The van der Waals surface area contributed by atoms with E-state index in [1.807, 2.05) is 12.1 Å². The van der Waals surface area contributed by atoms with Crippen molar-refractivity contribution in [2.45, 2.75) is 13.5 Å². The minimum Gasteiger partial charge on any atom is -0.360 e. The van der Waals surface area contributed by atoms with Crippen molar-refractivity contribution in [3.63, 3.8) is 0 Å². The van der Waals surface area contributed by atoms with Crippen LogP contribution < -0.4 is 10.2 Å². The van der Waals surface area contributed by atoms with Gasteiger partial charge in [-0.1, -0.05) is 35.5 Å². The molecular weight excluding hydrogens is 356 g/mol. The molecule has 0 saturated carbocycles. The Morgan fingerprint density at radius 1 is 1.07 bits per heavy atom. The average molecular weight is 378 g/mol. The summed E-state index contributed by atoms with van der Waals surface area (Å²) in [5, 5.41) is 14.7. The summed E-state index contributed by atoms with van der Waals surface area (Å²) in [6.07, 6.45) is 0. The molecule has 8 nitrogen and oxygen atoms in total. The number of benzene rings is 1. The Hall–Kier alpha value is -3.26. The quantitative estimate of drug-likeness (QED) is 0.729. The van der Waals surface area contributed by atoms with Gasteiger partial charge < -0.3 is 14.7 Å². The largest absolute Gasteiger partial charge is 0.360 e. The lowest BCUT2D eigenvalue weighted by Gasteiger charge is -2.35. The summed E-state index contributed by atoms with van der Waals surface area (Å²) in [4.78, 5) is 16.8. The number of hydrogen-bond acceptors (Lipinski definition) is 7. The number of rotatable bonds is 5. The molecule has 0 atom stereocenters. The smallest absolute Gasteiger partial charge is 0.277 e. The van der Waals surface area contributed by atoms with E-state index in [-0.39, 0.29) is 11.6 Å². The zero-order chi connectivity index (χ0) is 19.3. The van der Waals surface area contributed by atoms with Gasteiger partial charge in [0.15, 0.2) is 17.3 Å². The maximum Gasteiger partial charge on any atom is 0.277 e. The van der Waals surface area contributed by atoms with Crippen LogP contribution in [0.5, 0.6) is 0 Å². The van der Waals surface area contributed by atoms with E-state index in [1.165, 1.54) is 5.56 Å². The number of hydrogen-bond donors (Lipinski definition) is 1. The molecule has 1 aromatic carbocycles. The van der Waals surface area contributed by atoms with Crippen LogP contribution in [0, 0.1) is 6.92 Å². The third-order valence-electron chi connectivity index (χ3n) is 4.70. The van der Waals surface area contributed by atoms with Gasteiger partial charge in [0.1, 0.15) is 5.76 Å². The second kappa shape index (κ2) is 8.18. The molecule has 0 spiro atoms. The summed E-state index contributed by atoms with van der Waals surface area (Å²) in [7, 11) is 0. The third-order valence-corrected chi connectivity index (χ3v) is 4.70.